The number of H-pyrrole nitrogens is 1. The fraction of sp³-hybridized carbons (Fsp3) is 0.364. The van der Waals surface area contributed by atoms with Crippen LogP contribution in [0, 0.1) is 0 Å². The Hall–Kier alpha value is -1.96. The number of carbonyl (C=O) groups is 1. The Morgan fingerprint density at radius 2 is 2.47 bits per heavy atom. The molecule has 102 valence electrons. The van der Waals surface area contributed by atoms with Gasteiger partial charge in [-0.3, -0.25) is 9.36 Å². The number of aromatic nitrogens is 3. The number of carbonyl (C=O) groups excluding carboxylic acids is 1. The maximum atomic E-state index is 11.7. The van der Waals surface area contributed by atoms with Crippen molar-refractivity contribution < 1.29 is 9.21 Å². The first-order chi connectivity index (χ1) is 9.08. The summed E-state index contributed by atoms with van der Waals surface area (Å²) in [6, 6.07) is 3.38. The van der Waals surface area contributed by atoms with Gasteiger partial charge in [-0.15, -0.1) is 5.10 Å². The summed E-state index contributed by atoms with van der Waals surface area (Å²) in [6.07, 6.45) is 1.56. The Balaban J connectivity index is 1.85. The van der Waals surface area contributed by atoms with Crippen molar-refractivity contribution in [2.45, 2.75) is 18.1 Å². The van der Waals surface area contributed by atoms with Crippen molar-refractivity contribution in [3.05, 3.63) is 34.6 Å². The predicted molar refractivity (Wildman–Crippen MR) is 69.8 cm³/mol. The van der Waals surface area contributed by atoms with Crippen LogP contribution in [0.2, 0.25) is 0 Å². The van der Waals surface area contributed by atoms with Gasteiger partial charge in [-0.2, -0.15) is 0 Å². The SMILES string of the molecule is C[C@H](NC(=O)CSc1n[nH]c(=O)n1C)c1ccco1. The molecule has 0 saturated carbocycles. The largest absolute Gasteiger partial charge is 0.467 e. The molecule has 0 radical (unpaired) electrons. The second-order valence-corrected chi connectivity index (χ2v) is 4.91. The second-order valence-electron chi connectivity index (χ2n) is 3.96. The molecule has 2 N–H and O–H groups in total. The third-order valence-electron chi connectivity index (χ3n) is 2.52. The summed E-state index contributed by atoms with van der Waals surface area (Å²) in [5.41, 5.74) is -0.299. The molecule has 1 atom stereocenters. The lowest BCUT2D eigenvalue weighted by atomic mass is 10.2. The van der Waals surface area contributed by atoms with Crippen LogP contribution in [0.15, 0.2) is 32.8 Å². The van der Waals surface area contributed by atoms with Gasteiger partial charge in [-0.25, -0.2) is 9.89 Å². The minimum Gasteiger partial charge on any atom is -0.467 e. The number of nitrogens with one attached hydrogen (secondary N) is 2. The van der Waals surface area contributed by atoms with Gasteiger partial charge in [0.25, 0.3) is 0 Å². The lowest BCUT2D eigenvalue weighted by Crippen LogP contribution is -2.28. The second kappa shape index (κ2) is 5.79. The minimum absolute atomic E-state index is 0.149. The van der Waals surface area contributed by atoms with Gasteiger partial charge in [0.05, 0.1) is 18.1 Å². The summed E-state index contributed by atoms with van der Waals surface area (Å²) >= 11 is 1.19. The number of amides is 1. The third-order valence-corrected chi connectivity index (χ3v) is 3.55. The van der Waals surface area contributed by atoms with Gasteiger partial charge in [0.2, 0.25) is 5.91 Å². The first-order valence-electron chi connectivity index (χ1n) is 5.65. The van der Waals surface area contributed by atoms with Crippen LogP contribution in [-0.4, -0.2) is 26.4 Å². The van der Waals surface area contributed by atoms with Crippen molar-refractivity contribution in [3.8, 4) is 0 Å². The van der Waals surface area contributed by atoms with Crippen molar-refractivity contribution in [2.75, 3.05) is 5.75 Å². The van der Waals surface area contributed by atoms with E-state index < -0.39 is 0 Å². The fourth-order valence-electron chi connectivity index (χ4n) is 1.48. The molecule has 2 rings (SSSR count). The maximum Gasteiger partial charge on any atom is 0.343 e. The van der Waals surface area contributed by atoms with E-state index in [1.165, 1.54) is 16.3 Å². The van der Waals surface area contributed by atoms with Crippen molar-refractivity contribution >= 4 is 17.7 Å². The van der Waals surface area contributed by atoms with Crippen molar-refractivity contribution in [2.24, 2.45) is 7.05 Å². The van der Waals surface area contributed by atoms with E-state index in [0.717, 1.165) is 0 Å². The molecule has 2 aromatic heterocycles. The number of hydrogen-bond acceptors (Lipinski definition) is 5. The van der Waals surface area contributed by atoms with Crippen LogP contribution in [0.4, 0.5) is 0 Å². The highest BCUT2D eigenvalue weighted by atomic mass is 32.2. The van der Waals surface area contributed by atoms with Crippen molar-refractivity contribution in [3.63, 3.8) is 0 Å². The lowest BCUT2D eigenvalue weighted by molar-refractivity contribution is -0.119. The number of rotatable bonds is 5. The molecule has 0 unspecified atom stereocenters. The van der Waals surface area contributed by atoms with Gasteiger partial charge in [0, 0.05) is 7.05 Å². The zero-order valence-electron chi connectivity index (χ0n) is 10.5. The van der Waals surface area contributed by atoms with Gasteiger partial charge >= 0.3 is 5.69 Å². The smallest absolute Gasteiger partial charge is 0.343 e. The summed E-state index contributed by atoms with van der Waals surface area (Å²) in [4.78, 5) is 22.9. The van der Waals surface area contributed by atoms with Gasteiger partial charge < -0.3 is 9.73 Å². The molecular formula is C11H14N4O3S. The molecule has 1 amide bonds. The zero-order chi connectivity index (χ0) is 13.8. The van der Waals surface area contributed by atoms with Gasteiger partial charge in [0.1, 0.15) is 5.76 Å². The van der Waals surface area contributed by atoms with Crippen molar-refractivity contribution in [1.82, 2.24) is 20.1 Å². The summed E-state index contributed by atoms with van der Waals surface area (Å²) in [5.74, 6) is 0.735. The molecule has 2 aromatic rings. The Labute approximate surface area is 113 Å². The van der Waals surface area contributed by atoms with E-state index in [1.807, 2.05) is 6.92 Å². The minimum atomic E-state index is -0.299. The highest BCUT2D eigenvalue weighted by Gasteiger charge is 2.13. The van der Waals surface area contributed by atoms with Crippen LogP contribution < -0.4 is 11.0 Å². The normalized spacial score (nSPS) is 12.3. The van der Waals surface area contributed by atoms with Crippen LogP contribution >= 0.6 is 11.8 Å². The van der Waals surface area contributed by atoms with E-state index >= 15 is 0 Å². The van der Waals surface area contributed by atoms with Crippen LogP contribution in [0.5, 0.6) is 0 Å². The number of hydrogen-bond donors (Lipinski definition) is 2. The molecule has 19 heavy (non-hydrogen) atoms. The predicted octanol–water partition coefficient (Wildman–Crippen LogP) is 0.671. The van der Waals surface area contributed by atoms with E-state index in [0.29, 0.717) is 10.9 Å². The Kier molecular flexibility index (Phi) is 4.10. The lowest BCUT2D eigenvalue weighted by Gasteiger charge is -2.10. The Morgan fingerprint density at radius 3 is 3.05 bits per heavy atom. The fourth-order valence-corrected chi connectivity index (χ4v) is 2.21. The molecule has 0 saturated heterocycles. The van der Waals surface area contributed by atoms with Gasteiger partial charge in [0.15, 0.2) is 5.16 Å². The molecule has 7 nitrogen and oxygen atoms in total. The molecule has 2 heterocycles. The van der Waals surface area contributed by atoms with Crippen LogP contribution in [0.1, 0.15) is 18.7 Å². The number of furan rings is 1. The summed E-state index contributed by atoms with van der Waals surface area (Å²) in [5, 5.41) is 9.40. The highest BCUT2D eigenvalue weighted by Crippen LogP contribution is 2.14. The number of nitrogens with zero attached hydrogens (tertiary/aromatic N) is 2. The molecule has 0 aliphatic rings. The molecular weight excluding hydrogens is 268 g/mol. The van der Waals surface area contributed by atoms with E-state index in [4.69, 9.17) is 4.42 Å². The van der Waals surface area contributed by atoms with E-state index in [9.17, 15) is 9.59 Å². The van der Waals surface area contributed by atoms with Gasteiger partial charge in [-0.1, -0.05) is 11.8 Å². The molecule has 0 fully saturated rings. The summed E-state index contributed by atoms with van der Waals surface area (Å²) in [7, 11) is 1.59. The number of aromatic amines is 1. The average Bonchev–Trinajstić information content (AvgIpc) is 3.00. The standard InChI is InChI=1S/C11H14N4O3S/c1-7(8-4-3-5-18-8)12-9(16)6-19-11-14-13-10(17)15(11)2/h3-5,7H,6H2,1-2H3,(H,12,16)(H,13,17)/t7-/m0/s1. The first kappa shape index (κ1) is 13.5. The highest BCUT2D eigenvalue weighted by molar-refractivity contribution is 7.99. The molecule has 0 aromatic carbocycles. The van der Waals surface area contributed by atoms with Crippen LogP contribution in [0.25, 0.3) is 0 Å². The van der Waals surface area contributed by atoms with Crippen LogP contribution in [0.3, 0.4) is 0 Å². The summed E-state index contributed by atoms with van der Waals surface area (Å²) < 4.78 is 6.55. The Bertz CT molecular complexity index is 602. The average molecular weight is 282 g/mol. The monoisotopic (exact) mass is 282 g/mol. The zero-order valence-corrected chi connectivity index (χ0v) is 11.4. The topological polar surface area (TPSA) is 92.9 Å². The van der Waals surface area contributed by atoms with Gasteiger partial charge in [-0.05, 0) is 19.1 Å². The maximum absolute atomic E-state index is 11.7. The van der Waals surface area contributed by atoms with E-state index in [2.05, 4.69) is 15.5 Å². The molecule has 0 spiro atoms. The molecule has 0 aliphatic heterocycles. The molecule has 0 aliphatic carbocycles. The van der Waals surface area contributed by atoms with Crippen LogP contribution in [-0.2, 0) is 11.8 Å². The third kappa shape index (κ3) is 3.28. The number of thioether (sulfide) groups is 1. The Morgan fingerprint density at radius 1 is 1.68 bits per heavy atom. The van der Waals surface area contributed by atoms with Crippen molar-refractivity contribution in [1.29, 1.82) is 0 Å². The van der Waals surface area contributed by atoms with E-state index in [1.54, 1.807) is 25.4 Å². The first-order valence-corrected chi connectivity index (χ1v) is 6.63. The quantitative estimate of drug-likeness (QED) is 0.786. The van der Waals surface area contributed by atoms with E-state index in [-0.39, 0.29) is 23.4 Å². The molecule has 8 heteroatoms. The molecule has 0 bridgehead atoms. The summed E-state index contributed by atoms with van der Waals surface area (Å²) in [6.45, 7) is 1.84.